The zero-order valence-corrected chi connectivity index (χ0v) is 22.7. The van der Waals surface area contributed by atoms with Gasteiger partial charge in [-0.05, 0) is 55.8 Å². The zero-order chi connectivity index (χ0) is 26.5. The molecular formula is C26H24Cl2N4O4S. The number of hydrogen-bond donors (Lipinski definition) is 0. The van der Waals surface area contributed by atoms with E-state index < -0.39 is 5.25 Å². The highest BCUT2D eigenvalue weighted by atomic mass is 35.5. The molecule has 0 bridgehead atoms. The fourth-order valence-electron chi connectivity index (χ4n) is 3.68. The van der Waals surface area contributed by atoms with E-state index in [1.54, 1.807) is 36.4 Å². The molecule has 0 spiro atoms. The zero-order valence-electron chi connectivity index (χ0n) is 20.4. The topological polar surface area (TPSA) is 92.3 Å². The van der Waals surface area contributed by atoms with Gasteiger partial charge >= 0.3 is 0 Å². The summed E-state index contributed by atoms with van der Waals surface area (Å²) in [6.45, 7) is 3.75. The van der Waals surface area contributed by atoms with E-state index >= 15 is 0 Å². The van der Waals surface area contributed by atoms with Crippen LogP contribution in [0.5, 0.6) is 11.5 Å². The Balaban J connectivity index is 1.60. The average molecular weight is 559 g/mol. The van der Waals surface area contributed by atoms with E-state index in [0.29, 0.717) is 38.1 Å². The van der Waals surface area contributed by atoms with Crippen LogP contribution in [0.4, 0.5) is 0 Å². The number of rotatable bonds is 10. The Morgan fingerprint density at radius 2 is 1.78 bits per heavy atom. The van der Waals surface area contributed by atoms with Crippen LogP contribution in [0.2, 0.25) is 10.0 Å². The van der Waals surface area contributed by atoms with Crippen LogP contribution in [0.25, 0.3) is 5.69 Å². The van der Waals surface area contributed by atoms with Gasteiger partial charge in [0.1, 0.15) is 17.7 Å². The molecule has 0 unspecified atom stereocenters. The van der Waals surface area contributed by atoms with Gasteiger partial charge in [-0.1, -0.05) is 64.8 Å². The first-order valence-electron chi connectivity index (χ1n) is 11.3. The van der Waals surface area contributed by atoms with Crippen molar-refractivity contribution in [1.29, 1.82) is 0 Å². The van der Waals surface area contributed by atoms with Gasteiger partial charge in [0, 0.05) is 26.2 Å². The maximum Gasteiger partial charge on any atom is 0.220 e. The molecule has 0 saturated heterocycles. The predicted octanol–water partition coefficient (Wildman–Crippen LogP) is 6.89. The Morgan fingerprint density at radius 3 is 2.46 bits per heavy atom. The van der Waals surface area contributed by atoms with Crippen molar-refractivity contribution >= 4 is 35.0 Å². The van der Waals surface area contributed by atoms with E-state index in [1.807, 2.05) is 42.7 Å². The van der Waals surface area contributed by atoms with Gasteiger partial charge in [-0.15, -0.1) is 10.2 Å². The number of benzene rings is 3. The minimum atomic E-state index is -0.545. The largest absolute Gasteiger partial charge is 0.493 e. The van der Waals surface area contributed by atoms with Crippen molar-refractivity contribution in [1.82, 2.24) is 14.8 Å². The van der Waals surface area contributed by atoms with Gasteiger partial charge in [0.05, 0.1) is 7.11 Å². The summed E-state index contributed by atoms with van der Waals surface area (Å²) in [5.74, 6) is 1.63. The Labute approximate surface area is 228 Å². The van der Waals surface area contributed by atoms with Crippen LogP contribution in [-0.4, -0.2) is 33.3 Å². The second kappa shape index (κ2) is 11.9. The summed E-state index contributed by atoms with van der Waals surface area (Å²) in [6.07, 6.45) is 0. The number of methoxy groups -OCH3 is 1. The van der Waals surface area contributed by atoms with E-state index in [1.165, 1.54) is 18.9 Å². The number of nitro groups is 1. The minimum Gasteiger partial charge on any atom is -0.493 e. The van der Waals surface area contributed by atoms with Crippen molar-refractivity contribution < 1.29 is 14.4 Å². The Kier molecular flexibility index (Phi) is 8.58. The lowest BCUT2D eigenvalue weighted by atomic mass is 10.1. The monoisotopic (exact) mass is 558 g/mol. The maximum atomic E-state index is 11.6. The molecule has 1 atom stereocenters. The smallest absolute Gasteiger partial charge is 0.220 e. The fourth-order valence-corrected chi connectivity index (χ4v) is 5.31. The molecule has 1 heterocycles. The fraction of sp³-hybridized carbons (Fsp3) is 0.231. The predicted molar refractivity (Wildman–Crippen MR) is 145 cm³/mol. The molecule has 3 aromatic carbocycles. The summed E-state index contributed by atoms with van der Waals surface area (Å²) < 4.78 is 13.4. The van der Waals surface area contributed by atoms with E-state index in [0.717, 1.165) is 16.8 Å². The van der Waals surface area contributed by atoms with E-state index in [4.69, 9.17) is 32.7 Å². The summed E-state index contributed by atoms with van der Waals surface area (Å²) in [6, 6.07) is 18.4. The highest BCUT2D eigenvalue weighted by molar-refractivity contribution is 7.99. The molecule has 11 heteroatoms. The summed E-state index contributed by atoms with van der Waals surface area (Å²) in [5, 5.41) is 21.1. The standard InChI is InChI=1S/C26H24Cl2N4O4S/c1-16-4-9-21(10-5-16)32-17(2)29-30-26(32)37-25(14-31(33)34)18-7-11-23(24(12-18)35-3)36-15-19-6-8-20(27)13-22(19)28/h4-13,25H,14-15H2,1-3H3/t25-/m0/s1. The second-order valence-corrected chi connectivity index (χ2v) is 10.3. The van der Waals surface area contributed by atoms with Gasteiger partial charge in [0.25, 0.3) is 0 Å². The average Bonchev–Trinajstić information content (AvgIpc) is 3.23. The van der Waals surface area contributed by atoms with Crippen LogP contribution >= 0.6 is 35.0 Å². The molecule has 0 saturated carbocycles. The lowest BCUT2D eigenvalue weighted by Crippen LogP contribution is -2.11. The number of aromatic nitrogens is 3. The van der Waals surface area contributed by atoms with Crippen molar-refractivity contribution in [2.24, 2.45) is 0 Å². The lowest BCUT2D eigenvalue weighted by Gasteiger charge is -2.17. The first-order chi connectivity index (χ1) is 17.7. The van der Waals surface area contributed by atoms with E-state index in [2.05, 4.69) is 10.2 Å². The van der Waals surface area contributed by atoms with Gasteiger partial charge in [-0.3, -0.25) is 14.7 Å². The van der Waals surface area contributed by atoms with Crippen molar-refractivity contribution in [2.45, 2.75) is 30.9 Å². The molecule has 0 aliphatic rings. The van der Waals surface area contributed by atoms with E-state index in [-0.39, 0.29) is 18.1 Å². The normalized spacial score (nSPS) is 11.8. The minimum absolute atomic E-state index is 0.206. The molecule has 4 rings (SSSR count). The molecule has 0 N–H and O–H groups in total. The third-order valence-electron chi connectivity index (χ3n) is 5.61. The number of nitrogens with zero attached hydrogens (tertiary/aromatic N) is 4. The summed E-state index contributed by atoms with van der Waals surface area (Å²) in [7, 11) is 1.52. The number of ether oxygens (including phenoxy) is 2. The number of aryl methyl sites for hydroxylation is 2. The summed E-state index contributed by atoms with van der Waals surface area (Å²) in [5.41, 5.74) is 3.48. The van der Waals surface area contributed by atoms with Crippen LogP contribution in [0.15, 0.2) is 65.8 Å². The first kappa shape index (κ1) is 26.8. The molecule has 0 fully saturated rings. The van der Waals surface area contributed by atoms with Crippen molar-refractivity contribution in [3.05, 3.63) is 103 Å². The molecular weight excluding hydrogens is 535 g/mol. The maximum absolute atomic E-state index is 11.6. The van der Waals surface area contributed by atoms with Gasteiger partial charge < -0.3 is 9.47 Å². The van der Waals surface area contributed by atoms with Crippen LogP contribution < -0.4 is 9.47 Å². The molecule has 8 nitrogen and oxygen atoms in total. The molecule has 0 aliphatic heterocycles. The molecule has 0 aliphatic carbocycles. The van der Waals surface area contributed by atoms with Crippen molar-refractivity contribution in [3.8, 4) is 17.2 Å². The summed E-state index contributed by atoms with van der Waals surface area (Å²) in [4.78, 5) is 11.2. The number of thioether (sulfide) groups is 1. The Hall–Kier alpha value is -3.27. The van der Waals surface area contributed by atoms with Crippen LogP contribution in [0, 0.1) is 24.0 Å². The van der Waals surface area contributed by atoms with Crippen molar-refractivity contribution in [2.75, 3.05) is 13.7 Å². The second-order valence-electron chi connectivity index (χ2n) is 8.26. The SMILES string of the molecule is COc1cc([C@H](C[N+](=O)[O-])Sc2nnc(C)n2-c2ccc(C)cc2)ccc1OCc1ccc(Cl)cc1Cl. The highest BCUT2D eigenvalue weighted by Crippen LogP contribution is 2.39. The highest BCUT2D eigenvalue weighted by Gasteiger charge is 2.25. The Morgan fingerprint density at radius 1 is 1.03 bits per heavy atom. The molecule has 37 heavy (non-hydrogen) atoms. The third kappa shape index (κ3) is 6.54. The molecule has 0 amide bonds. The van der Waals surface area contributed by atoms with Crippen LogP contribution in [-0.2, 0) is 6.61 Å². The first-order valence-corrected chi connectivity index (χ1v) is 12.9. The lowest BCUT2D eigenvalue weighted by molar-refractivity contribution is -0.479. The van der Waals surface area contributed by atoms with Gasteiger partial charge in [-0.2, -0.15) is 0 Å². The summed E-state index contributed by atoms with van der Waals surface area (Å²) >= 11 is 13.5. The van der Waals surface area contributed by atoms with Crippen LogP contribution in [0.3, 0.4) is 0 Å². The van der Waals surface area contributed by atoms with Gasteiger partial charge in [0.2, 0.25) is 6.54 Å². The van der Waals surface area contributed by atoms with Crippen LogP contribution in [0.1, 0.15) is 27.8 Å². The molecule has 4 aromatic rings. The number of halogens is 2. The quantitative estimate of drug-likeness (QED) is 0.119. The van der Waals surface area contributed by atoms with E-state index in [9.17, 15) is 10.1 Å². The third-order valence-corrected chi connectivity index (χ3v) is 7.38. The Bertz CT molecular complexity index is 1410. The number of hydrogen-bond acceptors (Lipinski definition) is 7. The van der Waals surface area contributed by atoms with Gasteiger partial charge in [0.15, 0.2) is 16.7 Å². The molecule has 1 aromatic heterocycles. The van der Waals surface area contributed by atoms with Crippen molar-refractivity contribution in [3.63, 3.8) is 0 Å². The molecule has 0 radical (unpaired) electrons. The van der Waals surface area contributed by atoms with Gasteiger partial charge in [-0.25, -0.2) is 0 Å². The molecule has 192 valence electrons.